The highest BCUT2D eigenvalue weighted by molar-refractivity contribution is 5.97. The molecular weight excluding hydrogens is 362 g/mol. The van der Waals surface area contributed by atoms with Crippen molar-refractivity contribution in [2.24, 2.45) is 0 Å². The quantitative estimate of drug-likeness (QED) is 0.464. The molecule has 0 saturated heterocycles. The fourth-order valence-corrected chi connectivity index (χ4v) is 3.31. The minimum Gasteiger partial charge on any atom is -0.471 e. The molecule has 0 amide bonds. The van der Waals surface area contributed by atoms with Crippen molar-refractivity contribution in [1.82, 2.24) is 19.8 Å². The predicted molar refractivity (Wildman–Crippen MR) is 109 cm³/mol. The Morgan fingerprint density at radius 2 is 1.66 bits per heavy atom. The summed E-state index contributed by atoms with van der Waals surface area (Å²) in [6, 6.07) is 27.2. The molecule has 2 heterocycles. The summed E-state index contributed by atoms with van der Waals surface area (Å²) >= 11 is 0. The number of nitrogens with zero attached hydrogens (tertiary/aromatic N) is 5. The Morgan fingerprint density at radius 1 is 0.862 bits per heavy atom. The predicted octanol–water partition coefficient (Wildman–Crippen LogP) is 4.40. The van der Waals surface area contributed by atoms with Crippen LogP contribution in [-0.4, -0.2) is 19.8 Å². The first kappa shape index (κ1) is 16.9. The van der Waals surface area contributed by atoms with Gasteiger partial charge in [-0.05, 0) is 23.8 Å². The summed E-state index contributed by atoms with van der Waals surface area (Å²) in [5.74, 6) is 1.15. The Balaban J connectivity index is 1.62. The third-order valence-corrected chi connectivity index (χ3v) is 4.69. The maximum atomic E-state index is 9.10. The van der Waals surface area contributed by atoms with Crippen LogP contribution < -0.4 is 4.74 Å². The SMILES string of the molecule is N#Cc1cccc(COc2nn3c(-c4ccccc4)nnc3c3ccccc23)c1. The standard InChI is InChI=1S/C23H15N5O/c24-14-16-7-6-8-17(13-16)15-29-23-20-12-5-4-11-19(20)22-26-25-21(28(22)27-23)18-9-2-1-3-10-18/h1-13H,15H2. The van der Waals surface area contributed by atoms with E-state index in [1.165, 1.54) is 0 Å². The number of benzene rings is 3. The molecule has 0 aliphatic heterocycles. The molecule has 0 saturated carbocycles. The molecule has 0 radical (unpaired) electrons. The van der Waals surface area contributed by atoms with Gasteiger partial charge in [-0.2, -0.15) is 9.78 Å². The van der Waals surface area contributed by atoms with Gasteiger partial charge in [0.1, 0.15) is 6.61 Å². The molecule has 0 unspecified atom stereocenters. The van der Waals surface area contributed by atoms with Crippen molar-refractivity contribution >= 4 is 16.4 Å². The van der Waals surface area contributed by atoms with Gasteiger partial charge < -0.3 is 4.74 Å². The second-order valence-corrected chi connectivity index (χ2v) is 6.58. The number of fused-ring (bicyclic) bond motifs is 3. The Morgan fingerprint density at radius 3 is 2.48 bits per heavy atom. The van der Waals surface area contributed by atoms with Crippen molar-refractivity contribution in [3.05, 3.63) is 90.0 Å². The fourth-order valence-electron chi connectivity index (χ4n) is 3.31. The lowest BCUT2D eigenvalue weighted by molar-refractivity contribution is 0.293. The lowest BCUT2D eigenvalue weighted by atomic mass is 10.1. The highest BCUT2D eigenvalue weighted by Gasteiger charge is 2.16. The van der Waals surface area contributed by atoms with E-state index < -0.39 is 0 Å². The smallest absolute Gasteiger partial charge is 0.240 e. The summed E-state index contributed by atoms with van der Waals surface area (Å²) in [5, 5.41) is 24.3. The van der Waals surface area contributed by atoms with Gasteiger partial charge in [0, 0.05) is 16.3 Å². The number of nitriles is 1. The number of rotatable bonds is 4. The van der Waals surface area contributed by atoms with Crippen LogP contribution in [0.5, 0.6) is 5.88 Å². The van der Waals surface area contributed by atoms with Crippen LogP contribution in [0.15, 0.2) is 78.9 Å². The minimum absolute atomic E-state index is 0.306. The van der Waals surface area contributed by atoms with Gasteiger partial charge in [-0.3, -0.25) is 0 Å². The average Bonchev–Trinajstić information content (AvgIpc) is 3.22. The molecule has 6 heteroatoms. The maximum absolute atomic E-state index is 9.10. The molecule has 0 bridgehead atoms. The summed E-state index contributed by atoms with van der Waals surface area (Å²) in [6.07, 6.45) is 0. The van der Waals surface area contributed by atoms with Gasteiger partial charge in [-0.15, -0.1) is 15.3 Å². The Labute approximate surface area is 166 Å². The van der Waals surface area contributed by atoms with Crippen molar-refractivity contribution < 1.29 is 4.74 Å². The van der Waals surface area contributed by atoms with E-state index in [-0.39, 0.29) is 0 Å². The molecule has 5 aromatic rings. The van der Waals surface area contributed by atoms with E-state index in [1.807, 2.05) is 72.8 Å². The molecule has 0 N–H and O–H groups in total. The summed E-state index contributed by atoms with van der Waals surface area (Å²) in [7, 11) is 0. The molecular formula is C23H15N5O. The highest BCUT2D eigenvalue weighted by atomic mass is 16.5. The van der Waals surface area contributed by atoms with Crippen LogP contribution in [0.1, 0.15) is 11.1 Å². The van der Waals surface area contributed by atoms with Gasteiger partial charge >= 0.3 is 0 Å². The van der Waals surface area contributed by atoms with Crippen molar-refractivity contribution in [2.75, 3.05) is 0 Å². The van der Waals surface area contributed by atoms with E-state index in [9.17, 15) is 0 Å². The van der Waals surface area contributed by atoms with Gasteiger partial charge in [0.2, 0.25) is 5.88 Å². The third kappa shape index (κ3) is 3.05. The zero-order valence-corrected chi connectivity index (χ0v) is 15.4. The van der Waals surface area contributed by atoms with E-state index in [2.05, 4.69) is 16.3 Å². The van der Waals surface area contributed by atoms with Gasteiger partial charge in [0.15, 0.2) is 11.5 Å². The highest BCUT2D eigenvalue weighted by Crippen LogP contribution is 2.29. The molecule has 3 aromatic carbocycles. The van der Waals surface area contributed by atoms with Crippen molar-refractivity contribution in [3.63, 3.8) is 0 Å². The third-order valence-electron chi connectivity index (χ3n) is 4.69. The second kappa shape index (κ2) is 7.06. The van der Waals surface area contributed by atoms with E-state index >= 15 is 0 Å². The van der Waals surface area contributed by atoms with Crippen LogP contribution >= 0.6 is 0 Å². The van der Waals surface area contributed by atoms with E-state index in [0.717, 1.165) is 21.9 Å². The summed E-state index contributed by atoms with van der Waals surface area (Å²) in [6.45, 7) is 0.306. The van der Waals surface area contributed by atoms with Crippen LogP contribution in [0.4, 0.5) is 0 Å². The number of hydrogen-bond acceptors (Lipinski definition) is 5. The average molecular weight is 377 g/mol. The van der Waals surface area contributed by atoms with Crippen LogP contribution in [0.3, 0.4) is 0 Å². The molecule has 2 aromatic heterocycles. The Bertz CT molecular complexity index is 1370. The molecule has 6 nitrogen and oxygen atoms in total. The Kier molecular flexibility index (Phi) is 4.11. The first-order chi connectivity index (χ1) is 14.3. The van der Waals surface area contributed by atoms with E-state index in [0.29, 0.717) is 29.5 Å². The summed E-state index contributed by atoms with van der Waals surface area (Å²) < 4.78 is 7.80. The molecule has 0 aliphatic carbocycles. The number of hydrogen-bond donors (Lipinski definition) is 0. The molecule has 0 atom stereocenters. The van der Waals surface area contributed by atoms with Crippen molar-refractivity contribution in [1.29, 1.82) is 5.26 Å². The van der Waals surface area contributed by atoms with Gasteiger partial charge in [-0.25, -0.2) is 0 Å². The molecule has 5 rings (SSSR count). The number of aromatic nitrogens is 4. The largest absolute Gasteiger partial charge is 0.471 e. The first-order valence-corrected chi connectivity index (χ1v) is 9.15. The van der Waals surface area contributed by atoms with E-state index in [1.54, 1.807) is 10.6 Å². The zero-order chi connectivity index (χ0) is 19.6. The number of ether oxygens (including phenoxy) is 1. The molecule has 0 spiro atoms. The van der Waals surface area contributed by atoms with Crippen LogP contribution in [0.25, 0.3) is 27.8 Å². The Hall–Kier alpha value is -4.24. The van der Waals surface area contributed by atoms with Gasteiger partial charge in [0.25, 0.3) is 0 Å². The monoisotopic (exact) mass is 377 g/mol. The van der Waals surface area contributed by atoms with Gasteiger partial charge in [-0.1, -0.05) is 60.7 Å². The molecule has 0 aliphatic rings. The minimum atomic E-state index is 0.306. The summed E-state index contributed by atoms with van der Waals surface area (Å²) in [5.41, 5.74) is 3.11. The van der Waals surface area contributed by atoms with Crippen molar-refractivity contribution in [3.8, 4) is 23.3 Å². The molecule has 29 heavy (non-hydrogen) atoms. The van der Waals surface area contributed by atoms with Gasteiger partial charge in [0.05, 0.1) is 11.6 Å². The maximum Gasteiger partial charge on any atom is 0.240 e. The second-order valence-electron chi connectivity index (χ2n) is 6.58. The topological polar surface area (TPSA) is 76.1 Å². The van der Waals surface area contributed by atoms with Crippen molar-refractivity contribution in [2.45, 2.75) is 6.61 Å². The zero-order valence-electron chi connectivity index (χ0n) is 15.4. The molecule has 138 valence electrons. The molecule has 0 fully saturated rings. The van der Waals surface area contributed by atoms with E-state index in [4.69, 9.17) is 15.1 Å². The normalized spacial score (nSPS) is 10.9. The van der Waals surface area contributed by atoms with Crippen LogP contribution in [-0.2, 0) is 6.61 Å². The summed E-state index contributed by atoms with van der Waals surface area (Å²) in [4.78, 5) is 0. The van der Waals surface area contributed by atoms with Crippen LogP contribution in [0, 0.1) is 11.3 Å². The first-order valence-electron chi connectivity index (χ1n) is 9.15. The lowest BCUT2D eigenvalue weighted by Crippen LogP contribution is -2.03. The van der Waals surface area contributed by atoms with Crippen LogP contribution in [0.2, 0.25) is 0 Å². The lowest BCUT2D eigenvalue weighted by Gasteiger charge is -2.10. The fraction of sp³-hybridized carbons (Fsp3) is 0.0435.